The fourth-order valence-corrected chi connectivity index (χ4v) is 4.83. The van der Waals surface area contributed by atoms with Crippen LogP contribution in [0.2, 0.25) is 0 Å². The number of anilines is 1. The highest BCUT2D eigenvalue weighted by Gasteiger charge is 2.24. The molecular formula is C18H29N3O3S. The van der Waals surface area contributed by atoms with Crippen LogP contribution in [0.3, 0.4) is 0 Å². The number of hydrogen-bond donors (Lipinski definition) is 1. The van der Waals surface area contributed by atoms with Gasteiger partial charge in [-0.3, -0.25) is 4.79 Å². The Balaban J connectivity index is 2.11. The lowest BCUT2D eigenvalue weighted by Gasteiger charge is -2.27. The standard InChI is InChI=1S/C18H29N3O3S/c1-4-21(5-2)25(23,24)17-13-16(10-9-15(17)3)19-14-18(22)20-11-7-6-8-12-20/h9-10,13,19H,4-8,11-12,14H2,1-3H3. The van der Waals surface area contributed by atoms with Crippen molar-refractivity contribution in [1.82, 2.24) is 9.21 Å². The van der Waals surface area contributed by atoms with Crippen LogP contribution in [0, 0.1) is 6.92 Å². The van der Waals surface area contributed by atoms with Crippen molar-refractivity contribution < 1.29 is 13.2 Å². The Kier molecular flexibility index (Phi) is 6.84. The number of aryl methyl sites for hydroxylation is 1. The van der Waals surface area contributed by atoms with Gasteiger partial charge in [0, 0.05) is 31.9 Å². The molecule has 1 N–H and O–H groups in total. The van der Waals surface area contributed by atoms with Crippen LogP contribution in [-0.4, -0.2) is 56.3 Å². The second-order valence-corrected chi connectivity index (χ2v) is 8.27. The van der Waals surface area contributed by atoms with Crippen molar-refractivity contribution in [2.24, 2.45) is 0 Å². The molecule has 1 heterocycles. The summed E-state index contributed by atoms with van der Waals surface area (Å²) in [5, 5.41) is 3.08. The molecule has 1 fully saturated rings. The summed E-state index contributed by atoms with van der Waals surface area (Å²) in [5.41, 5.74) is 1.36. The van der Waals surface area contributed by atoms with Gasteiger partial charge in [-0.1, -0.05) is 19.9 Å². The molecule has 6 nitrogen and oxygen atoms in total. The highest BCUT2D eigenvalue weighted by molar-refractivity contribution is 7.89. The normalized spacial score (nSPS) is 15.4. The van der Waals surface area contributed by atoms with Crippen LogP contribution in [-0.2, 0) is 14.8 Å². The summed E-state index contributed by atoms with van der Waals surface area (Å²) in [5.74, 6) is 0.0634. The van der Waals surface area contributed by atoms with E-state index in [2.05, 4.69) is 5.32 Å². The Hall–Kier alpha value is -1.60. The molecule has 1 aliphatic heterocycles. The third-order valence-electron chi connectivity index (χ3n) is 4.66. The van der Waals surface area contributed by atoms with Crippen molar-refractivity contribution in [3.63, 3.8) is 0 Å². The number of nitrogens with zero attached hydrogens (tertiary/aromatic N) is 2. The third-order valence-corrected chi connectivity index (χ3v) is 6.86. The molecule has 0 saturated carbocycles. The Labute approximate surface area is 151 Å². The topological polar surface area (TPSA) is 69.7 Å². The molecule has 1 aromatic carbocycles. The molecule has 0 aromatic heterocycles. The van der Waals surface area contributed by atoms with Gasteiger partial charge in [-0.2, -0.15) is 4.31 Å². The lowest BCUT2D eigenvalue weighted by Crippen LogP contribution is -2.39. The number of amides is 1. The predicted octanol–water partition coefficient (Wildman–Crippen LogP) is 2.45. The number of rotatable bonds is 7. The molecular weight excluding hydrogens is 338 g/mol. The van der Waals surface area contributed by atoms with Crippen molar-refractivity contribution in [3.05, 3.63) is 23.8 Å². The number of sulfonamides is 1. The zero-order valence-corrected chi connectivity index (χ0v) is 16.2. The molecule has 1 aliphatic rings. The van der Waals surface area contributed by atoms with E-state index in [9.17, 15) is 13.2 Å². The number of nitrogens with one attached hydrogen (secondary N) is 1. The molecule has 0 spiro atoms. The molecule has 140 valence electrons. The number of carbonyl (C=O) groups is 1. The summed E-state index contributed by atoms with van der Waals surface area (Å²) in [6, 6.07) is 5.23. The Morgan fingerprint density at radius 1 is 1.16 bits per heavy atom. The van der Waals surface area contributed by atoms with Gasteiger partial charge >= 0.3 is 0 Å². The van der Waals surface area contributed by atoms with Crippen molar-refractivity contribution in [2.45, 2.75) is 44.9 Å². The largest absolute Gasteiger partial charge is 0.376 e. The summed E-state index contributed by atoms with van der Waals surface area (Å²) < 4.78 is 27.0. The minimum absolute atomic E-state index is 0.0634. The molecule has 25 heavy (non-hydrogen) atoms. The van der Waals surface area contributed by atoms with Crippen molar-refractivity contribution >= 4 is 21.6 Å². The highest BCUT2D eigenvalue weighted by atomic mass is 32.2. The zero-order valence-electron chi connectivity index (χ0n) is 15.4. The molecule has 1 aromatic rings. The van der Waals surface area contributed by atoms with Gasteiger partial charge in [0.05, 0.1) is 11.4 Å². The lowest BCUT2D eigenvalue weighted by atomic mass is 10.1. The maximum Gasteiger partial charge on any atom is 0.243 e. The first kappa shape index (κ1) is 19.7. The van der Waals surface area contributed by atoms with Crippen molar-refractivity contribution in [2.75, 3.05) is 38.0 Å². The van der Waals surface area contributed by atoms with Gasteiger partial charge in [-0.25, -0.2) is 8.42 Å². The molecule has 1 saturated heterocycles. The number of carbonyl (C=O) groups excluding carboxylic acids is 1. The summed E-state index contributed by atoms with van der Waals surface area (Å²) in [6.07, 6.45) is 3.30. The van der Waals surface area contributed by atoms with E-state index >= 15 is 0 Å². The molecule has 2 rings (SSSR count). The van der Waals surface area contributed by atoms with Crippen LogP contribution in [0.1, 0.15) is 38.7 Å². The first-order valence-corrected chi connectivity index (χ1v) is 10.5. The zero-order chi connectivity index (χ0) is 18.4. The molecule has 0 bridgehead atoms. The van der Waals surface area contributed by atoms with Crippen LogP contribution < -0.4 is 5.32 Å². The van der Waals surface area contributed by atoms with Crippen LogP contribution in [0.15, 0.2) is 23.1 Å². The van der Waals surface area contributed by atoms with E-state index in [1.807, 2.05) is 24.8 Å². The van der Waals surface area contributed by atoms with E-state index in [4.69, 9.17) is 0 Å². The van der Waals surface area contributed by atoms with Gasteiger partial charge < -0.3 is 10.2 Å². The second-order valence-electron chi connectivity index (χ2n) is 6.36. The molecule has 0 unspecified atom stereocenters. The first-order valence-electron chi connectivity index (χ1n) is 9.02. The van der Waals surface area contributed by atoms with E-state index in [-0.39, 0.29) is 12.5 Å². The maximum atomic E-state index is 12.8. The van der Waals surface area contributed by atoms with Gasteiger partial charge in [-0.05, 0) is 43.9 Å². The fraction of sp³-hybridized carbons (Fsp3) is 0.611. The van der Waals surface area contributed by atoms with E-state index in [1.54, 1.807) is 19.1 Å². The van der Waals surface area contributed by atoms with Gasteiger partial charge in [0.15, 0.2) is 0 Å². The number of benzene rings is 1. The van der Waals surface area contributed by atoms with Crippen molar-refractivity contribution in [3.8, 4) is 0 Å². The molecule has 1 amide bonds. The summed E-state index contributed by atoms with van der Waals surface area (Å²) in [4.78, 5) is 14.4. The van der Waals surface area contributed by atoms with E-state index in [0.717, 1.165) is 25.9 Å². The third kappa shape index (κ3) is 4.73. The Morgan fingerprint density at radius 3 is 2.40 bits per heavy atom. The van der Waals surface area contributed by atoms with Gasteiger partial charge in [0.1, 0.15) is 0 Å². The summed E-state index contributed by atoms with van der Waals surface area (Å²) in [6.45, 7) is 8.14. The number of likely N-dealkylation sites (tertiary alicyclic amines) is 1. The van der Waals surface area contributed by atoms with Crippen LogP contribution >= 0.6 is 0 Å². The lowest BCUT2D eigenvalue weighted by molar-refractivity contribution is -0.130. The molecule has 0 radical (unpaired) electrons. The van der Waals surface area contributed by atoms with E-state index in [1.165, 1.54) is 10.7 Å². The van der Waals surface area contributed by atoms with Crippen LogP contribution in [0.4, 0.5) is 5.69 Å². The van der Waals surface area contributed by atoms with Gasteiger partial charge in [-0.15, -0.1) is 0 Å². The highest BCUT2D eigenvalue weighted by Crippen LogP contribution is 2.23. The van der Waals surface area contributed by atoms with E-state index in [0.29, 0.717) is 29.2 Å². The second kappa shape index (κ2) is 8.67. The minimum Gasteiger partial charge on any atom is -0.376 e. The summed E-state index contributed by atoms with van der Waals surface area (Å²) >= 11 is 0. The first-order chi connectivity index (χ1) is 11.9. The maximum absolute atomic E-state index is 12.8. The van der Waals surface area contributed by atoms with Gasteiger partial charge in [0.25, 0.3) is 0 Å². The monoisotopic (exact) mass is 367 g/mol. The molecule has 0 aliphatic carbocycles. The molecule has 0 atom stereocenters. The predicted molar refractivity (Wildman–Crippen MR) is 100 cm³/mol. The SMILES string of the molecule is CCN(CC)S(=O)(=O)c1cc(NCC(=O)N2CCCCC2)ccc1C. The number of hydrogen-bond acceptors (Lipinski definition) is 4. The quantitative estimate of drug-likeness (QED) is 0.804. The van der Waals surface area contributed by atoms with E-state index < -0.39 is 10.0 Å². The minimum atomic E-state index is -3.52. The average Bonchev–Trinajstić information content (AvgIpc) is 2.62. The number of piperidine rings is 1. The van der Waals surface area contributed by atoms with Crippen LogP contribution in [0.5, 0.6) is 0 Å². The smallest absolute Gasteiger partial charge is 0.243 e. The summed E-state index contributed by atoms with van der Waals surface area (Å²) in [7, 11) is -3.52. The van der Waals surface area contributed by atoms with Crippen molar-refractivity contribution in [1.29, 1.82) is 0 Å². The fourth-order valence-electron chi connectivity index (χ4n) is 3.12. The Bertz CT molecular complexity index is 694. The average molecular weight is 368 g/mol. The molecule has 7 heteroatoms. The van der Waals surface area contributed by atoms with Crippen LogP contribution in [0.25, 0.3) is 0 Å². The van der Waals surface area contributed by atoms with Gasteiger partial charge in [0.2, 0.25) is 15.9 Å². The Morgan fingerprint density at radius 2 is 1.80 bits per heavy atom.